The minimum absolute atomic E-state index is 0.0165. The average molecular weight is 278 g/mol. The fraction of sp³-hybridized carbons (Fsp3) is 0.500. The Hall–Kier alpha value is -1.38. The van der Waals surface area contributed by atoms with Crippen molar-refractivity contribution in [1.29, 1.82) is 5.26 Å². The maximum Gasteiger partial charge on any atom is 0.178 e. The zero-order valence-corrected chi connectivity index (χ0v) is 12.0. The highest BCUT2D eigenvalue weighted by Crippen LogP contribution is 2.36. The molecule has 0 aliphatic carbocycles. The zero-order valence-electron chi connectivity index (χ0n) is 11.2. The molecule has 0 spiro atoms. The lowest BCUT2D eigenvalue weighted by molar-refractivity contribution is 0.371. The molecule has 1 atom stereocenters. The number of hydrogen-bond acceptors (Lipinski definition) is 4. The first kappa shape index (κ1) is 14.0. The van der Waals surface area contributed by atoms with Crippen molar-refractivity contribution >= 4 is 9.84 Å². The van der Waals surface area contributed by atoms with Crippen LogP contribution in [0.5, 0.6) is 0 Å². The first-order chi connectivity index (χ1) is 8.91. The van der Waals surface area contributed by atoms with Gasteiger partial charge in [0.2, 0.25) is 0 Å². The van der Waals surface area contributed by atoms with Crippen molar-refractivity contribution in [2.45, 2.75) is 30.7 Å². The smallest absolute Gasteiger partial charge is 0.178 e. The Labute approximate surface area is 114 Å². The van der Waals surface area contributed by atoms with E-state index in [1.165, 1.54) is 0 Å². The van der Waals surface area contributed by atoms with Crippen molar-refractivity contribution in [2.24, 2.45) is 5.92 Å². The van der Waals surface area contributed by atoms with E-state index in [0.717, 1.165) is 0 Å². The van der Waals surface area contributed by atoms with Gasteiger partial charge < -0.3 is 0 Å². The standard InChI is InChI=1S/C14H18N2O2S/c1-11(2)9-16-14(10-15)7-8-19(17,18)13-6-4-3-5-12(13)14/h3-6,11,16H,7-9H2,1-2H3. The highest BCUT2D eigenvalue weighted by Gasteiger charge is 2.42. The molecular weight excluding hydrogens is 260 g/mol. The van der Waals surface area contributed by atoms with Crippen molar-refractivity contribution in [1.82, 2.24) is 5.32 Å². The van der Waals surface area contributed by atoms with E-state index in [9.17, 15) is 13.7 Å². The predicted octanol–water partition coefficient (Wildman–Crippen LogP) is 1.83. The van der Waals surface area contributed by atoms with Crippen LogP contribution in [-0.4, -0.2) is 20.7 Å². The lowest BCUT2D eigenvalue weighted by atomic mass is 9.87. The third kappa shape index (κ3) is 2.51. The number of sulfone groups is 1. The van der Waals surface area contributed by atoms with E-state index in [4.69, 9.17) is 0 Å². The van der Waals surface area contributed by atoms with Gasteiger partial charge in [0.25, 0.3) is 0 Å². The Morgan fingerprint density at radius 3 is 2.74 bits per heavy atom. The van der Waals surface area contributed by atoms with Gasteiger partial charge in [-0.2, -0.15) is 5.26 Å². The number of benzene rings is 1. The van der Waals surface area contributed by atoms with E-state index in [0.29, 0.717) is 29.3 Å². The molecule has 0 radical (unpaired) electrons. The van der Waals surface area contributed by atoms with Crippen LogP contribution < -0.4 is 5.32 Å². The first-order valence-electron chi connectivity index (χ1n) is 6.40. The first-order valence-corrected chi connectivity index (χ1v) is 8.05. The van der Waals surface area contributed by atoms with Crippen LogP contribution in [0.4, 0.5) is 0 Å². The van der Waals surface area contributed by atoms with Gasteiger partial charge >= 0.3 is 0 Å². The molecule has 102 valence electrons. The molecule has 1 aromatic carbocycles. The van der Waals surface area contributed by atoms with Crippen LogP contribution in [0.3, 0.4) is 0 Å². The van der Waals surface area contributed by atoms with Gasteiger partial charge in [-0.1, -0.05) is 32.0 Å². The topological polar surface area (TPSA) is 70.0 Å². The van der Waals surface area contributed by atoms with Crippen molar-refractivity contribution in [2.75, 3.05) is 12.3 Å². The molecule has 4 nitrogen and oxygen atoms in total. The Kier molecular flexibility index (Phi) is 3.66. The number of nitriles is 1. The molecule has 0 bridgehead atoms. The molecule has 1 aliphatic heterocycles. The van der Waals surface area contributed by atoms with Gasteiger partial charge in [-0.25, -0.2) is 8.42 Å². The van der Waals surface area contributed by atoms with Crippen LogP contribution in [0.1, 0.15) is 25.8 Å². The summed E-state index contributed by atoms with van der Waals surface area (Å²) in [5.74, 6) is 0.416. The molecule has 19 heavy (non-hydrogen) atoms. The Balaban J connectivity index is 2.51. The third-order valence-corrected chi connectivity index (χ3v) is 5.20. The van der Waals surface area contributed by atoms with Crippen LogP contribution in [-0.2, 0) is 15.4 Å². The summed E-state index contributed by atoms with van der Waals surface area (Å²) in [5.41, 5.74) is -0.295. The molecule has 1 aromatic rings. The van der Waals surface area contributed by atoms with Crippen molar-refractivity contribution in [3.63, 3.8) is 0 Å². The second-order valence-electron chi connectivity index (χ2n) is 5.36. The van der Waals surface area contributed by atoms with E-state index < -0.39 is 15.4 Å². The second kappa shape index (κ2) is 4.95. The summed E-state index contributed by atoms with van der Waals surface area (Å²) in [7, 11) is -3.25. The Morgan fingerprint density at radius 1 is 1.42 bits per heavy atom. The van der Waals surface area contributed by atoms with Gasteiger partial charge in [-0.3, -0.25) is 5.32 Å². The number of hydrogen-bond donors (Lipinski definition) is 1. The van der Waals surface area contributed by atoms with E-state index in [1.807, 2.05) is 0 Å². The van der Waals surface area contributed by atoms with Crippen LogP contribution in [0.2, 0.25) is 0 Å². The summed E-state index contributed by atoms with van der Waals surface area (Å²) in [6, 6.07) is 9.10. The average Bonchev–Trinajstić information content (AvgIpc) is 2.39. The van der Waals surface area contributed by atoms with Crippen molar-refractivity contribution in [3.8, 4) is 6.07 Å². The van der Waals surface area contributed by atoms with Gasteiger partial charge in [0.1, 0.15) is 5.54 Å². The molecule has 1 N–H and O–H groups in total. The second-order valence-corrected chi connectivity index (χ2v) is 7.43. The minimum atomic E-state index is -3.25. The fourth-order valence-corrected chi connectivity index (χ4v) is 4.00. The van der Waals surface area contributed by atoms with E-state index in [2.05, 4.69) is 25.2 Å². The van der Waals surface area contributed by atoms with E-state index in [-0.39, 0.29) is 5.75 Å². The molecule has 0 amide bonds. The van der Waals surface area contributed by atoms with Crippen molar-refractivity contribution < 1.29 is 8.42 Å². The highest BCUT2D eigenvalue weighted by molar-refractivity contribution is 7.91. The largest absolute Gasteiger partial charge is 0.295 e. The van der Waals surface area contributed by atoms with Gasteiger partial charge in [0.05, 0.1) is 16.7 Å². The molecule has 2 rings (SSSR count). The molecular formula is C14H18N2O2S. The van der Waals surface area contributed by atoms with Crippen LogP contribution >= 0.6 is 0 Å². The Bertz CT molecular complexity index is 617. The molecule has 5 heteroatoms. The van der Waals surface area contributed by atoms with Crippen LogP contribution in [0.25, 0.3) is 0 Å². The number of nitrogens with zero attached hydrogens (tertiary/aromatic N) is 1. The van der Waals surface area contributed by atoms with Crippen LogP contribution in [0.15, 0.2) is 29.2 Å². The molecule has 0 saturated heterocycles. The summed E-state index contributed by atoms with van der Waals surface area (Å²) in [5, 5.41) is 12.8. The van der Waals surface area contributed by atoms with Gasteiger partial charge in [0.15, 0.2) is 9.84 Å². The number of nitrogens with one attached hydrogen (secondary N) is 1. The zero-order chi connectivity index (χ0) is 14.1. The molecule has 1 heterocycles. The minimum Gasteiger partial charge on any atom is -0.295 e. The van der Waals surface area contributed by atoms with Crippen molar-refractivity contribution in [3.05, 3.63) is 29.8 Å². The summed E-state index contributed by atoms with van der Waals surface area (Å²) < 4.78 is 24.2. The summed E-state index contributed by atoms with van der Waals surface area (Å²) in [6.45, 7) is 4.80. The third-order valence-electron chi connectivity index (χ3n) is 3.43. The highest BCUT2D eigenvalue weighted by atomic mass is 32.2. The summed E-state index contributed by atoms with van der Waals surface area (Å²) in [6.07, 6.45) is 0.301. The number of fused-ring (bicyclic) bond motifs is 1. The lowest BCUT2D eigenvalue weighted by Gasteiger charge is -2.34. The maximum atomic E-state index is 12.1. The number of rotatable bonds is 3. The summed E-state index contributed by atoms with van der Waals surface area (Å²) >= 11 is 0. The van der Waals surface area contributed by atoms with E-state index >= 15 is 0 Å². The molecule has 1 aliphatic rings. The molecule has 1 unspecified atom stereocenters. The SMILES string of the molecule is CC(C)CNC1(C#N)CCS(=O)(=O)c2ccccc21. The molecule has 0 aromatic heterocycles. The monoisotopic (exact) mass is 278 g/mol. The lowest BCUT2D eigenvalue weighted by Crippen LogP contribution is -2.47. The quantitative estimate of drug-likeness (QED) is 0.915. The normalized spacial score (nSPS) is 24.7. The van der Waals surface area contributed by atoms with Gasteiger partial charge in [0, 0.05) is 5.56 Å². The van der Waals surface area contributed by atoms with Gasteiger partial charge in [-0.05, 0) is 24.9 Å². The Morgan fingerprint density at radius 2 is 2.11 bits per heavy atom. The predicted molar refractivity (Wildman–Crippen MR) is 73.2 cm³/mol. The fourth-order valence-electron chi connectivity index (χ4n) is 2.34. The van der Waals surface area contributed by atoms with Gasteiger partial charge in [-0.15, -0.1) is 0 Å². The molecule has 0 fully saturated rings. The van der Waals surface area contributed by atoms with Crippen LogP contribution in [0, 0.1) is 17.2 Å². The summed E-state index contributed by atoms with van der Waals surface area (Å²) in [4.78, 5) is 0.291. The molecule has 0 saturated carbocycles. The van der Waals surface area contributed by atoms with E-state index in [1.54, 1.807) is 24.3 Å². The maximum absolute atomic E-state index is 12.1.